The predicted octanol–water partition coefficient (Wildman–Crippen LogP) is 15.8. The summed E-state index contributed by atoms with van der Waals surface area (Å²) in [6, 6.07) is 82.9. The zero-order chi connectivity index (χ0) is 40.4. The van der Waals surface area contributed by atoms with Crippen LogP contribution < -0.4 is 14.7 Å². The summed E-state index contributed by atoms with van der Waals surface area (Å²) in [7, 11) is 0. The van der Waals surface area contributed by atoms with Gasteiger partial charge in [-0.15, -0.1) is 0 Å². The molecule has 0 fully saturated rings. The Labute approximate surface area is 352 Å². The quantitative estimate of drug-likeness (QED) is 0.138. The number of anilines is 9. The monoisotopic (exact) mass is 772 g/mol. The average molecular weight is 773 g/mol. The van der Waals surface area contributed by atoms with Crippen molar-refractivity contribution in [3.8, 4) is 5.69 Å². The van der Waals surface area contributed by atoms with E-state index < -0.39 is 0 Å². The fraction of sp³-hybridized carbons (Fsp3) is 0.0357. The normalized spacial score (nSPS) is 11.2. The van der Waals surface area contributed by atoms with Crippen LogP contribution in [0.1, 0.15) is 11.1 Å². The lowest BCUT2D eigenvalue weighted by Crippen LogP contribution is -2.14. The molecule has 0 radical (unpaired) electrons. The lowest BCUT2D eigenvalue weighted by atomic mass is 10.1. The minimum Gasteiger partial charge on any atom is -0.310 e. The zero-order valence-corrected chi connectivity index (χ0v) is 33.7. The van der Waals surface area contributed by atoms with Crippen LogP contribution in [0, 0.1) is 13.8 Å². The van der Waals surface area contributed by atoms with Gasteiger partial charge >= 0.3 is 0 Å². The van der Waals surface area contributed by atoms with E-state index in [-0.39, 0.29) is 0 Å². The fourth-order valence-electron chi connectivity index (χ4n) is 8.38. The van der Waals surface area contributed by atoms with Crippen LogP contribution in [0.4, 0.5) is 51.2 Å². The molecule has 0 spiro atoms. The van der Waals surface area contributed by atoms with Gasteiger partial charge in [-0.2, -0.15) is 0 Å². The van der Waals surface area contributed by atoms with Crippen molar-refractivity contribution in [3.63, 3.8) is 0 Å². The summed E-state index contributed by atoms with van der Waals surface area (Å²) in [5.74, 6) is 0. The van der Waals surface area contributed by atoms with Crippen LogP contribution in [0.3, 0.4) is 0 Å². The van der Waals surface area contributed by atoms with E-state index in [1.54, 1.807) is 0 Å². The van der Waals surface area contributed by atoms with E-state index in [2.05, 4.69) is 264 Å². The predicted molar refractivity (Wildman–Crippen MR) is 254 cm³/mol. The molecule has 4 nitrogen and oxygen atoms in total. The molecular formula is C56H44N4. The van der Waals surface area contributed by atoms with Gasteiger partial charge < -0.3 is 19.3 Å². The van der Waals surface area contributed by atoms with Gasteiger partial charge in [-0.25, -0.2) is 0 Å². The second kappa shape index (κ2) is 15.8. The Balaban J connectivity index is 1.24. The smallest absolute Gasteiger partial charge is 0.0542 e. The molecule has 0 N–H and O–H groups in total. The van der Waals surface area contributed by atoms with Crippen LogP contribution in [-0.2, 0) is 0 Å². The Kier molecular flexibility index (Phi) is 9.64. The first-order valence-electron chi connectivity index (χ1n) is 20.5. The Hall–Kier alpha value is -7.82. The molecule has 0 bridgehead atoms. The minimum absolute atomic E-state index is 1.05. The molecule has 10 aromatic rings. The molecular weight excluding hydrogens is 729 g/mol. The number of rotatable bonds is 10. The SMILES string of the molecule is Cc1ccc(N(c2ccc(C)cc2)c2ccc3c(c2)c2ccccc2n3-c2cc(N(c3ccccc3)c3ccccc3)cc(N(c3ccccc3)c3ccccc3)c2)cc1. The molecule has 60 heavy (non-hydrogen) atoms. The number of fused-ring (bicyclic) bond motifs is 3. The van der Waals surface area contributed by atoms with E-state index in [0.29, 0.717) is 0 Å². The van der Waals surface area contributed by atoms with Gasteiger partial charge in [0, 0.05) is 50.6 Å². The maximum absolute atomic E-state index is 2.44. The van der Waals surface area contributed by atoms with Gasteiger partial charge in [0.25, 0.3) is 0 Å². The molecule has 0 atom stereocenters. The highest BCUT2D eigenvalue weighted by atomic mass is 15.2. The van der Waals surface area contributed by atoms with E-state index in [0.717, 1.165) is 67.9 Å². The second-order valence-corrected chi connectivity index (χ2v) is 15.3. The van der Waals surface area contributed by atoms with Gasteiger partial charge in [0.05, 0.1) is 28.1 Å². The third-order valence-electron chi connectivity index (χ3n) is 11.2. The largest absolute Gasteiger partial charge is 0.310 e. The molecule has 0 saturated carbocycles. The minimum atomic E-state index is 1.05. The van der Waals surface area contributed by atoms with Crippen LogP contribution in [0.25, 0.3) is 27.5 Å². The number of hydrogen-bond donors (Lipinski definition) is 0. The van der Waals surface area contributed by atoms with Gasteiger partial charge in [0.1, 0.15) is 0 Å². The maximum Gasteiger partial charge on any atom is 0.0542 e. The molecule has 0 unspecified atom stereocenters. The van der Waals surface area contributed by atoms with Crippen molar-refractivity contribution in [1.29, 1.82) is 0 Å². The van der Waals surface area contributed by atoms with Crippen molar-refractivity contribution in [1.82, 2.24) is 4.57 Å². The molecule has 1 heterocycles. The van der Waals surface area contributed by atoms with Gasteiger partial charge in [-0.1, -0.05) is 126 Å². The van der Waals surface area contributed by atoms with Crippen LogP contribution >= 0.6 is 0 Å². The van der Waals surface area contributed by atoms with Crippen molar-refractivity contribution in [2.24, 2.45) is 0 Å². The first-order valence-corrected chi connectivity index (χ1v) is 20.5. The van der Waals surface area contributed by atoms with E-state index in [4.69, 9.17) is 0 Å². The summed E-state index contributed by atoms with van der Waals surface area (Å²) in [5.41, 5.74) is 15.6. The van der Waals surface area contributed by atoms with E-state index in [1.165, 1.54) is 21.9 Å². The summed E-state index contributed by atoms with van der Waals surface area (Å²) < 4.78 is 2.44. The highest BCUT2D eigenvalue weighted by Crippen LogP contribution is 2.45. The molecule has 288 valence electrons. The lowest BCUT2D eigenvalue weighted by Gasteiger charge is -2.30. The van der Waals surface area contributed by atoms with E-state index >= 15 is 0 Å². The Bertz CT molecular complexity index is 2810. The van der Waals surface area contributed by atoms with Crippen molar-refractivity contribution in [2.45, 2.75) is 13.8 Å². The van der Waals surface area contributed by atoms with E-state index in [1.807, 2.05) is 0 Å². The summed E-state index contributed by atoms with van der Waals surface area (Å²) in [6.07, 6.45) is 0. The van der Waals surface area contributed by atoms with Gasteiger partial charge in [0.2, 0.25) is 0 Å². The molecule has 0 saturated heterocycles. The summed E-state index contributed by atoms with van der Waals surface area (Å²) in [5, 5.41) is 2.38. The van der Waals surface area contributed by atoms with Crippen molar-refractivity contribution in [2.75, 3.05) is 14.7 Å². The number of nitrogens with zero attached hydrogens (tertiary/aromatic N) is 4. The Morgan fingerprint density at radius 1 is 0.267 bits per heavy atom. The van der Waals surface area contributed by atoms with Gasteiger partial charge in [-0.3, -0.25) is 0 Å². The fourth-order valence-corrected chi connectivity index (χ4v) is 8.38. The number of aryl methyl sites for hydroxylation is 2. The second-order valence-electron chi connectivity index (χ2n) is 15.3. The van der Waals surface area contributed by atoms with Crippen LogP contribution in [0.15, 0.2) is 231 Å². The Morgan fingerprint density at radius 3 is 1.07 bits per heavy atom. The first kappa shape index (κ1) is 36.5. The average Bonchev–Trinajstić information content (AvgIpc) is 3.63. The van der Waals surface area contributed by atoms with Crippen molar-refractivity contribution >= 4 is 73.0 Å². The lowest BCUT2D eigenvalue weighted by molar-refractivity contribution is 1.16. The standard InChI is InChI=1S/C56H44N4/c1-41-27-31-47(32-28-41)57(48-33-29-42(2)30-34-48)49-35-36-56-54(40-49)53-25-15-16-26-55(53)60(56)52-38-50(58(43-17-7-3-8-18-43)44-19-9-4-10-20-44)37-51(39-52)59(45-21-11-5-12-22-45)46-23-13-6-14-24-46/h3-40H,1-2H3. The van der Waals surface area contributed by atoms with Gasteiger partial charge in [-0.05, 0) is 129 Å². The van der Waals surface area contributed by atoms with Gasteiger partial charge in [0.15, 0.2) is 0 Å². The molecule has 10 rings (SSSR count). The zero-order valence-electron chi connectivity index (χ0n) is 33.7. The molecule has 0 aliphatic heterocycles. The van der Waals surface area contributed by atoms with Crippen LogP contribution in [0.5, 0.6) is 0 Å². The Morgan fingerprint density at radius 2 is 0.617 bits per heavy atom. The maximum atomic E-state index is 2.44. The molecule has 0 amide bonds. The third kappa shape index (κ3) is 6.95. The molecule has 9 aromatic carbocycles. The van der Waals surface area contributed by atoms with Crippen molar-refractivity contribution in [3.05, 3.63) is 242 Å². The number of aromatic nitrogens is 1. The van der Waals surface area contributed by atoms with E-state index in [9.17, 15) is 0 Å². The van der Waals surface area contributed by atoms with Crippen LogP contribution in [0.2, 0.25) is 0 Å². The number of benzene rings is 9. The molecule has 0 aliphatic rings. The highest BCUT2D eigenvalue weighted by molar-refractivity contribution is 6.11. The molecule has 0 aliphatic carbocycles. The number of para-hydroxylation sites is 5. The summed E-state index contributed by atoms with van der Waals surface area (Å²) >= 11 is 0. The summed E-state index contributed by atoms with van der Waals surface area (Å²) in [4.78, 5) is 7.07. The van der Waals surface area contributed by atoms with Crippen LogP contribution in [-0.4, -0.2) is 4.57 Å². The first-order chi connectivity index (χ1) is 29.6. The highest BCUT2D eigenvalue weighted by Gasteiger charge is 2.22. The number of hydrogen-bond acceptors (Lipinski definition) is 3. The molecule has 4 heteroatoms. The third-order valence-corrected chi connectivity index (χ3v) is 11.2. The summed E-state index contributed by atoms with van der Waals surface area (Å²) in [6.45, 7) is 4.28. The van der Waals surface area contributed by atoms with Crippen molar-refractivity contribution < 1.29 is 0 Å². The topological polar surface area (TPSA) is 14.7 Å². The molecule has 1 aromatic heterocycles.